The zero-order chi connectivity index (χ0) is 18.7. The van der Waals surface area contributed by atoms with Gasteiger partial charge in [0, 0.05) is 5.56 Å². The quantitative estimate of drug-likeness (QED) is 0.485. The molecule has 7 nitrogen and oxygen atoms in total. The van der Waals surface area contributed by atoms with Crippen LogP contribution in [0.1, 0.15) is 38.1 Å². The van der Waals surface area contributed by atoms with Gasteiger partial charge in [0.25, 0.3) is 5.91 Å². The molecule has 0 fully saturated rings. The number of ether oxygens (including phenoxy) is 4. The molecule has 0 aliphatic carbocycles. The maximum atomic E-state index is 12.2. The maximum Gasteiger partial charge on any atom is 0.325 e. The standard InChI is InChI=1S/C18H27NO6/c1-5-22-15-8-7-14(11-16(15)23-6-2)18(21)19-12-17(20)25-10-9-24-13(3)4/h7-8,11,13H,5-6,9-10,12H2,1-4H3,(H,19,21). The molecular weight excluding hydrogens is 326 g/mol. The van der Waals surface area contributed by atoms with E-state index in [0.29, 0.717) is 36.9 Å². The molecule has 0 saturated heterocycles. The average molecular weight is 353 g/mol. The third-order valence-corrected chi connectivity index (χ3v) is 3.00. The first-order valence-electron chi connectivity index (χ1n) is 8.43. The topological polar surface area (TPSA) is 83.1 Å². The van der Waals surface area contributed by atoms with Crippen molar-refractivity contribution in [2.24, 2.45) is 0 Å². The molecule has 1 N–H and O–H groups in total. The molecule has 0 heterocycles. The Hall–Kier alpha value is -2.28. The van der Waals surface area contributed by atoms with Gasteiger partial charge in [-0.15, -0.1) is 0 Å². The molecule has 0 spiro atoms. The van der Waals surface area contributed by atoms with Gasteiger partial charge in [-0.3, -0.25) is 9.59 Å². The number of nitrogens with one attached hydrogen (secondary N) is 1. The van der Waals surface area contributed by atoms with Crippen molar-refractivity contribution in [1.82, 2.24) is 5.32 Å². The van der Waals surface area contributed by atoms with Crippen LogP contribution in [-0.4, -0.2) is 51.0 Å². The zero-order valence-electron chi connectivity index (χ0n) is 15.3. The van der Waals surface area contributed by atoms with E-state index < -0.39 is 5.97 Å². The Kier molecular flexibility index (Phi) is 9.39. The van der Waals surface area contributed by atoms with Crippen molar-refractivity contribution in [1.29, 1.82) is 0 Å². The van der Waals surface area contributed by atoms with Gasteiger partial charge in [0.05, 0.1) is 25.9 Å². The normalized spacial score (nSPS) is 10.4. The Morgan fingerprint density at radius 2 is 1.72 bits per heavy atom. The van der Waals surface area contributed by atoms with Crippen LogP contribution in [-0.2, 0) is 14.3 Å². The largest absolute Gasteiger partial charge is 0.490 e. The number of benzene rings is 1. The summed E-state index contributed by atoms with van der Waals surface area (Å²) in [6.45, 7) is 8.74. The lowest BCUT2D eigenvalue weighted by Crippen LogP contribution is -2.31. The van der Waals surface area contributed by atoms with Crippen LogP contribution in [0.4, 0.5) is 0 Å². The first-order valence-corrected chi connectivity index (χ1v) is 8.43. The molecule has 0 saturated carbocycles. The molecule has 1 aromatic rings. The van der Waals surface area contributed by atoms with Crippen LogP contribution in [0.5, 0.6) is 11.5 Å². The van der Waals surface area contributed by atoms with E-state index in [-0.39, 0.29) is 25.2 Å². The summed E-state index contributed by atoms with van der Waals surface area (Å²) in [6.07, 6.45) is 0.0811. The van der Waals surface area contributed by atoms with Crippen molar-refractivity contribution in [3.63, 3.8) is 0 Å². The number of carbonyl (C=O) groups excluding carboxylic acids is 2. The summed E-state index contributed by atoms with van der Waals surface area (Å²) >= 11 is 0. The Morgan fingerprint density at radius 1 is 1.04 bits per heavy atom. The van der Waals surface area contributed by atoms with Crippen LogP contribution >= 0.6 is 0 Å². The van der Waals surface area contributed by atoms with Gasteiger partial charge in [0.15, 0.2) is 11.5 Å². The average Bonchev–Trinajstić information content (AvgIpc) is 2.58. The Labute approximate surface area is 148 Å². The smallest absolute Gasteiger partial charge is 0.325 e. The summed E-state index contributed by atoms with van der Waals surface area (Å²) < 4.78 is 21.2. The lowest BCUT2D eigenvalue weighted by molar-refractivity contribution is -0.144. The van der Waals surface area contributed by atoms with E-state index >= 15 is 0 Å². The molecule has 0 aromatic heterocycles. The summed E-state index contributed by atoms with van der Waals surface area (Å²) in [5.41, 5.74) is 0.378. The molecule has 0 unspecified atom stereocenters. The van der Waals surface area contributed by atoms with E-state index in [1.165, 1.54) is 0 Å². The summed E-state index contributed by atoms with van der Waals surface area (Å²) in [7, 11) is 0. The summed E-state index contributed by atoms with van der Waals surface area (Å²) in [5, 5.41) is 2.52. The predicted molar refractivity (Wildman–Crippen MR) is 93.2 cm³/mol. The lowest BCUT2D eigenvalue weighted by Gasteiger charge is -2.12. The van der Waals surface area contributed by atoms with Crippen molar-refractivity contribution in [2.45, 2.75) is 33.8 Å². The van der Waals surface area contributed by atoms with Gasteiger partial charge in [-0.25, -0.2) is 0 Å². The van der Waals surface area contributed by atoms with E-state index in [2.05, 4.69) is 5.32 Å². The molecule has 1 amide bonds. The number of carbonyl (C=O) groups is 2. The van der Waals surface area contributed by atoms with Gasteiger partial charge < -0.3 is 24.3 Å². The highest BCUT2D eigenvalue weighted by atomic mass is 16.6. The molecule has 0 aliphatic heterocycles. The van der Waals surface area contributed by atoms with Gasteiger partial charge in [-0.2, -0.15) is 0 Å². The second kappa shape index (κ2) is 11.3. The maximum absolute atomic E-state index is 12.2. The van der Waals surface area contributed by atoms with Gasteiger partial charge >= 0.3 is 5.97 Å². The SMILES string of the molecule is CCOc1ccc(C(=O)NCC(=O)OCCOC(C)C)cc1OCC. The minimum Gasteiger partial charge on any atom is -0.490 e. The molecule has 0 aliphatic rings. The van der Waals surface area contributed by atoms with E-state index in [1.807, 2.05) is 27.7 Å². The molecule has 140 valence electrons. The molecule has 1 aromatic carbocycles. The van der Waals surface area contributed by atoms with Gasteiger partial charge in [-0.05, 0) is 45.9 Å². The van der Waals surface area contributed by atoms with E-state index in [4.69, 9.17) is 18.9 Å². The third-order valence-electron chi connectivity index (χ3n) is 3.00. The highest BCUT2D eigenvalue weighted by molar-refractivity contribution is 5.96. The Bertz CT molecular complexity index is 558. The molecule has 0 atom stereocenters. The van der Waals surface area contributed by atoms with Crippen molar-refractivity contribution >= 4 is 11.9 Å². The first-order chi connectivity index (χ1) is 12.0. The van der Waals surface area contributed by atoms with Gasteiger partial charge in [0.1, 0.15) is 13.2 Å². The van der Waals surface area contributed by atoms with E-state index in [0.717, 1.165) is 0 Å². The predicted octanol–water partition coefficient (Wildman–Crippen LogP) is 2.18. The summed E-state index contributed by atoms with van der Waals surface area (Å²) in [6, 6.07) is 4.88. The minimum absolute atomic E-state index is 0.0811. The lowest BCUT2D eigenvalue weighted by atomic mass is 10.2. The Morgan fingerprint density at radius 3 is 2.36 bits per heavy atom. The number of amides is 1. The summed E-state index contributed by atoms with van der Waals surface area (Å²) in [4.78, 5) is 23.7. The van der Waals surface area contributed by atoms with Crippen LogP contribution < -0.4 is 14.8 Å². The number of esters is 1. The van der Waals surface area contributed by atoms with Crippen molar-refractivity contribution in [3.05, 3.63) is 23.8 Å². The van der Waals surface area contributed by atoms with E-state index in [1.54, 1.807) is 18.2 Å². The fourth-order valence-electron chi connectivity index (χ4n) is 1.94. The monoisotopic (exact) mass is 353 g/mol. The summed E-state index contributed by atoms with van der Waals surface area (Å²) in [5.74, 6) is 0.159. The fourth-order valence-corrected chi connectivity index (χ4v) is 1.94. The van der Waals surface area contributed by atoms with E-state index in [9.17, 15) is 9.59 Å². The van der Waals surface area contributed by atoms with Gasteiger partial charge in [-0.1, -0.05) is 0 Å². The molecule has 7 heteroatoms. The Balaban J connectivity index is 2.51. The highest BCUT2D eigenvalue weighted by Crippen LogP contribution is 2.28. The van der Waals surface area contributed by atoms with Crippen molar-refractivity contribution in [2.75, 3.05) is 33.0 Å². The van der Waals surface area contributed by atoms with Crippen LogP contribution in [0.15, 0.2) is 18.2 Å². The van der Waals surface area contributed by atoms with Crippen LogP contribution in [0.3, 0.4) is 0 Å². The zero-order valence-corrected chi connectivity index (χ0v) is 15.3. The molecule has 25 heavy (non-hydrogen) atoms. The molecular formula is C18H27NO6. The first kappa shape index (κ1) is 20.8. The number of hydrogen-bond donors (Lipinski definition) is 1. The molecule has 0 radical (unpaired) electrons. The van der Waals surface area contributed by atoms with Gasteiger partial charge in [0.2, 0.25) is 0 Å². The third kappa shape index (κ3) is 7.89. The number of rotatable bonds is 11. The van der Waals surface area contributed by atoms with Crippen molar-refractivity contribution < 1.29 is 28.5 Å². The van der Waals surface area contributed by atoms with Crippen LogP contribution in [0, 0.1) is 0 Å². The van der Waals surface area contributed by atoms with Crippen LogP contribution in [0.2, 0.25) is 0 Å². The molecule has 0 bridgehead atoms. The van der Waals surface area contributed by atoms with Crippen LogP contribution in [0.25, 0.3) is 0 Å². The second-order valence-corrected chi connectivity index (χ2v) is 5.35. The minimum atomic E-state index is -0.517. The van der Waals surface area contributed by atoms with Crippen molar-refractivity contribution in [3.8, 4) is 11.5 Å². The highest BCUT2D eigenvalue weighted by Gasteiger charge is 2.13. The molecule has 1 rings (SSSR count). The fraction of sp³-hybridized carbons (Fsp3) is 0.556. The second-order valence-electron chi connectivity index (χ2n) is 5.35. The number of hydrogen-bond acceptors (Lipinski definition) is 6.